The van der Waals surface area contributed by atoms with Crippen molar-refractivity contribution < 1.29 is 19.3 Å². The number of likely N-dealkylation sites (tertiary alicyclic amines) is 2. The number of hydrogen-bond acceptors (Lipinski definition) is 3. The van der Waals surface area contributed by atoms with E-state index in [4.69, 9.17) is 5.73 Å². The van der Waals surface area contributed by atoms with Crippen LogP contribution in [0.2, 0.25) is 0 Å². The first-order valence-corrected chi connectivity index (χ1v) is 8.08. The fraction of sp³-hybridized carbons (Fsp3) is 0.471. The normalized spacial score (nSPS) is 28.2. The molecular weight excluding hydrogens is 294 g/mol. The predicted octanol–water partition coefficient (Wildman–Crippen LogP) is -0.906. The summed E-state index contributed by atoms with van der Waals surface area (Å²) in [7, 11) is 0. The van der Waals surface area contributed by atoms with Gasteiger partial charge in [0.05, 0.1) is 26.1 Å². The van der Waals surface area contributed by atoms with Crippen LogP contribution < -0.4 is 10.6 Å². The maximum absolute atomic E-state index is 12.6. The Hall–Kier alpha value is -2.21. The average Bonchev–Trinajstić information content (AvgIpc) is 2.84. The molecule has 2 aliphatic rings. The summed E-state index contributed by atoms with van der Waals surface area (Å²) in [5.41, 5.74) is 6.30. The van der Waals surface area contributed by atoms with Gasteiger partial charge in [0.1, 0.15) is 0 Å². The van der Waals surface area contributed by atoms with Crippen molar-refractivity contribution >= 4 is 17.7 Å². The summed E-state index contributed by atoms with van der Waals surface area (Å²) < 4.78 is 0. The lowest BCUT2D eigenvalue weighted by atomic mass is 9.95. The SMILES string of the molecule is NC(=O)C1CC[NH+]([C@@H]2CC(=O)N(Cc3ccccc3)C2=O)CC1. The number of hydrogen-bond donors (Lipinski definition) is 2. The average molecular weight is 316 g/mol. The number of piperidine rings is 1. The number of amides is 3. The van der Waals surface area contributed by atoms with E-state index < -0.39 is 0 Å². The van der Waals surface area contributed by atoms with Crippen LogP contribution in [0.4, 0.5) is 0 Å². The molecule has 6 heteroatoms. The van der Waals surface area contributed by atoms with Crippen LogP contribution in [0.3, 0.4) is 0 Å². The van der Waals surface area contributed by atoms with Crippen molar-refractivity contribution in [2.24, 2.45) is 11.7 Å². The zero-order valence-corrected chi connectivity index (χ0v) is 13.0. The molecule has 3 rings (SSSR count). The van der Waals surface area contributed by atoms with Gasteiger partial charge in [-0.1, -0.05) is 30.3 Å². The van der Waals surface area contributed by atoms with E-state index in [-0.39, 0.29) is 36.1 Å². The Morgan fingerprint density at radius 3 is 2.43 bits per heavy atom. The van der Waals surface area contributed by atoms with E-state index in [0.717, 1.165) is 23.6 Å². The van der Waals surface area contributed by atoms with Gasteiger partial charge in [-0.05, 0) is 5.56 Å². The number of nitrogens with zero attached hydrogens (tertiary/aromatic N) is 1. The van der Waals surface area contributed by atoms with Crippen molar-refractivity contribution in [2.45, 2.75) is 31.8 Å². The van der Waals surface area contributed by atoms with Gasteiger partial charge in [-0.3, -0.25) is 19.3 Å². The minimum atomic E-state index is -0.306. The standard InChI is InChI=1S/C17H21N3O3/c18-16(22)13-6-8-19(9-7-13)14-10-15(21)20(17(14)23)11-12-4-2-1-3-5-12/h1-5,13-14H,6-11H2,(H2,18,22)/p+1/t14-/m1/s1. The molecule has 3 amide bonds. The highest BCUT2D eigenvalue weighted by Crippen LogP contribution is 2.17. The Morgan fingerprint density at radius 2 is 1.83 bits per heavy atom. The lowest BCUT2D eigenvalue weighted by Gasteiger charge is -2.30. The van der Waals surface area contributed by atoms with Crippen LogP contribution in [0, 0.1) is 5.92 Å². The highest BCUT2D eigenvalue weighted by atomic mass is 16.2. The van der Waals surface area contributed by atoms with Gasteiger partial charge in [-0.25, -0.2) is 0 Å². The summed E-state index contributed by atoms with van der Waals surface area (Å²) in [6, 6.07) is 9.24. The van der Waals surface area contributed by atoms with Gasteiger partial charge < -0.3 is 10.6 Å². The molecule has 3 N–H and O–H groups in total. The highest BCUT2D eigenvalue weighted by molar-refractivity contribution is 6.04. The quantitative estimate of drug-likeness (QED) is 0.706. The number of nitrogens with two attached hydrogens (primary N) is 1. The van der Waals surface area contributed by atoms with Crippen LogP contribution in [-0.2, 0) is 20.9 Å². The van der Waals surface area contributed by atoms with E-state index in [9.17, 15) is 14.4 Å². The van der Waals surface area contributed by atoms with Crippen LogP contribution in [0.25, 0.3) is 0 Å². The first-order chi connectivity index (χ1) is 11.1. The second-order valence-electron chi connectivity index (χ2n) is 6.40. The molecule has 2 aliphatic heterocycles. The van der Waals surface area contributed by atoms with Gasteiger partial charge in [0.25, 0.3) is 5.91 Å². The Morgan fingerprint density at radius 1 is 1.17 bits per heavy atom. The number of nitrogens with one attached hydrogen (secondary N) is 1. The lowest BCUT2D eigenvalue weighted by molar-refractivity contribution is -0.920. The summed E-state index contributed by atoms with van der Waals surface area (Å²) in [4.78, 5) is 38.6. The largest absolute Gasteiger partial charge is 0.369 e. The summed E-state index contributed by atoms with van der Waals surface area (Å²) in [6.45, 7) is 1.78. The molecular formula is C17H22N3O3+. The lowest BCUT2D eigenvalue weighted by Crippen LogP contribution is -3.17. The van der Waals surface area contributed by atoms with Crippen LogP contribution in [-0.4, -0.2) is 41.8 Å². The monoisotopic (exact) mass is 316 g/mol. The van der Waals surface area contributed by atoms with Crippen molar-refractivity contribution in [3.05, 3.63) is 35.9 Å². The van der Waals surface area contributed by atoms with E-state index in [1.54, 1.807) is 0 Å². The summed E-state index contributed by atoms with van der Waals surface area (Å²) in [5.74, 6) is -0.547. The summed E-state index contributed by atoms with van der Waals surface area (Å²) >= 11 is 0. The summed E-state index contributed by atoms with van der Waals surface area (Å²) in [5, 5.41) is 0. The molecule has 2 saturated heterocycles. The molecule has 0 unspecified atom stereocenters. The van der Waals surface area contributed by atoms with Gasteiger partial charge in [-0.15, -0.1) is 0 Å². The Bertz CT molecular complexity index is 609. The second-order valence-corrected chi connectivity index (χ2v) is 6.40. The fourth-order valence-electron chi connectivity index (χ4n) is 3.56. The first kappa shape index (κ1) is 15.7. The molecule has 2 heterocycles. The molecule has 1 atom stereocenters. The number of benzene rings is 1. The third kappa shape index (κ3) is 3.27. The third-order valence-corrected chi connectivity index (χ3v) is 4.95. The molecule has 0 aromatic heterocycles. The number of carbonyl (C=O) groups is 3. The number of quaternary nitrogens is 1. The Balaban J connectivity index is 1.64. The number of imide groups is 1. The Labute approximate surface area is 135 Å². The minimum Gasteiger partial charge on any atom is -0.369 e. The van der Waals surface area contributed by atoms with Gasteiger partial charge in [0.2, 0.25) is 11.8 Å². The molecule has 6 nitrogen and oxygen atoms in total. The molecule has 23 heavy (non-hydrogen) atoms. The van der Waals surface area contributed by atoms with Crippen LogP contribution in [0.15, 0.2) is 30.3 Å². The summed E-state index contributed by atoms with van der Waals surface area (Å²) in [6.07, 6.45) is 1.66. The molecule has 0 bridgehead atoms. The fourth-order valence-corrected chi connectivity index (χ4v) is 3.56. The molecule has 0 radical (unpaired) electrons. The molecule has 0 saturated carbocycles. The molecule has 0 aliphatic carbocycles. The first-order valence-electron chi connectivity index (χ1n) is 8.08. The topological polar surface area (TPSA) is 84.9 Å². The van der Waals surface area contributed by atoms with E-state index in [2.05, 4.69) is 0 Å². The maximum atomic E-state index is 12.6. The highest BCUT2D eigenvalue weighted by Gasteiger charge is 2.46. The van der Waals surface area contributed by atoms with Crippen LogP contribution in [0.5, 0.6) is 0 Å². The Kier molecular flexibility index (Phi) is 4.43. The smallest absolute Gasteiger partial charge is 0.288 e. The van der Waals surface area contributed by atoms with Crippen molar-refractivity contribution in [3.63, 3.8) is 0 Å². The molecule has 1 aromatic carbocycles. The maximum Gasteiger partial charge on any atom is 0.288 e. The van der Waals surface area contributed by atoms with Crippen molar-refractivity contribution in [1.82, 2.24) is 4.90 Å². The number of primary amides is 1. The van der Waals surface area contributed by atoms with E-state index >= 15 is 0 Å². The van der Waals surface area contributed by atoms with E-state index in [1.807, 2.05) is 30.3 Å². The van der Waals surface area contributed by atoms with Crippen LogP contribution >= 0.6 is 0 Å². The van der Waals surface area contributed by atoms with Crippen LogP contribution in [0.1, 0.15) is 24.8 Å². The minimum absolute atomic E-state index is 0.0913. The molecule has 122 valence electrons. The molecule has 1 aromatic rings. The van der Waals surface area contributed by atoms with Gasteiger partial charge in [0.15, 0.2) is 6.04 Å². The predicted molar refractivity (Wildman–Crippen MR) is 83.0 cm³/mol. The number of carbonyl (C=O) groups excluding carboxylic acids is 3. The third-order valence-electron chi connectivity index (χ3n) is 4.95. The second kappa shape index (κ2) is 6.50. The van der Waals surface area contributed by atoms with Gasteiger partial charge in [-0.2, -0.15) is 0 Å². The number of rotatable bonds is 4. The zero-order chi connectivity index (χ0) is 16.4. The van der Waals surface area contributed by atoms with Gasteiger partial charge >= 0.3 is 0 Å². The van der Waals surface area contributed by atoms with E-state index in [1.165, 1.54) is 4.90 Å². The van der Waals surface area contributed by atoms with Crippen molar-refractivity contribution in [2.75, 3.05) is 13.1 Å². The van der Waals surface area contributed by atoms with Crippen molar-refractivity contribution in [1.29, 1.82) is 0 Å². The molecule has 0 spiro atoms. The van der Waals surface area contributed by atoms with E-state index in [0.29, 0.717) is 19.4 Å². The van der Waals surface area contributed by atoms with Crippen molar-refractivity contribution in [3.8, 4) is 0 Å². The zero-order valence-electron chi connectivity index (χ0n) is 13.0. The molecule has 2 fully saturated rings. The van der Waals surface area contributed by atoms with Gasteiger partial charge in [0, 0.05) is 18.8 Å².